The summed E-state index contributed by atoms with van der Waals surface area (Å²) in [6, 6.07) is 5.04. The highest BCUT2D eigenvalue weighted by Gasteiger charge is 2.16. The Morgan fingerprint density at radius 3 is 2.30 bits per heavy atom. The van der Waals surface area contributed by atoms with Crippen molar-refractivity contribution < 1.29 is 13.5 Å². The van der Waals surface area contributed by atoms with Crippen LogP contribution in [0, 0.1) is 25.5 Å². The highest BCUT2D eigenvalue weighted by atomic mass is 19.1. The van der Waals surface area contributed by atoms with Crippen molar-refractivity contribution in [1.29, 1.82) is 0 Å². The van der Waals surface area contributed by atoms with Gasteiger partial charge in [-0.3, -0.25) is 4.68 Å². The molecule has 0 bridgehead atoms. The second-order valence-corrected chi connectivity index (χ2v) is 6.21. The summed E-state index contributed by atoms with van der Waals surface area (Å²) in [6.45, 7) is 4.81. The van der Waals surface area contributed by atoms with Gasteiger partial charge in [-0.2, -0.15) is 5.10 Å². The summed E-state index contributed by atoms with van der Waals surface area (Å²) in [7, 11) is 3.45. The maximum atomic E-state index is 13.7. The normalized spacial score (nSPS) is 11.0. The first-order chi connectivity index (χ1) is 12.9. The predicted octanol–water partition coefficient (Wildman–Crippen LogP) is 3.50. The van der Waals surface area contributed by atoms with Gasteiger partial charge in [-0.05, 0) is 32.0 Å². The van der Waals surface area contributed by atoms with Gasteiger partial charge in [-0.15, -0.1) is 0 Å². The first-order valence-electron chi connectivity index (χ1n) is 8.48. The molecule has 0 aliphatic carbocycles. The molecule has 0 amide bonds. The van der Waals surface area contributed by atoms with Gasteiger partial charge in [0.1, 0.15) is 11.6 Å². The summed E-state index contributed by atoms with van der Waals surface area (Å²) in [5.74, 6) is -0.965. The Balaban J connectivity index is 2.14. The molecule has 3 aromatic rings. The number of anilines is 1. The van der Waals surface area contributed by atoms with Crippen molar-refractivity contribution in [1.82, 2.24) is 19.7 Å². The number of hydrogen-bond donors (Lipinski definition) is 1. The fourth-order valence-corrected chi connectivity index (χ4v) is 2.91. The number of halogens is 2. The number of nitrogens with one attached hydrogen (secondary N) is 1. The number of rotatable bonds is 6. The summed E-state index contributed by atoms with van der Waals surface area (Å²) in [5, 5.41) is 7.50. The molecule has 0 saturated carbocycles. The van der Waals surface area contributed by atoms with Crippen molar-refractivity contribution in [2.75, 3.05) is 25.6 Å². The summed E-state index contributed by atoms with van der Waals surface area (Å²) >= 11 is 0. The average Bonchev–Trinajstić information content (AvgIpc) is 2.86. The third-order valence-corrected chi connectivity index (χ3v) is 4.24. The van der Waals surface area contributed by atoms with Crippen molar-refractivity contribution in [2.24, 2.45) is 7.05 Å². The standard InChI is InChI=1S/C19H21F2N5O/c1-11-18(12(2)26(3)25-11)17-10-16(13-7-14(20)9-15(21)8-13)23-19(24-17)22-5-6-27-4/h7-10H,5-6H2,1-4H3,(H,22,23,24). The van der Waals surface area contributed by atoms with Gasteiger partial charge < -0.3 is 10.1 Å². The van der Waals surface area contributed by atoms with E-state index in [2.05, 4.69) is 20.4 Å². The van der Waals surface area contributed by atoms with E-state index in [4.69, 9.17) is 4.74 Å². The lowest BCUT2D eigenvalue weighted by atomic mass is 10.1. The number of methoxy groups -OCH3 is 1. The van der Waals surface area contributed by atoms with Gasteiger partial charge in [0.2, 0.25) is 5.95 Å². The number of hydrogen-bond acceptors (Lipinski definition) is 5. The van der Waals surface area contributed by atoms with E-state index in [1.54, 1.807) is 17.9 Å². The predicted molar refractivity (Wildman–Crippen MR) is 99.4 cm³/mol. The molecule has 1 aromatic carbocycles. The first kappa shape index (κ1) is 18.9. The molecule has 2 heterocycles. The van der Waals surface area contributed by atoms with Crippen LogP contribution in [0.5, 0.6) is 0 Å². The Morgan fingerprint density at radius 2 is 1.70 bits per heavy atom. The van der Waals surface area contributed by atoms with E-state index in [9.17, 15) is 8.78 Å². The zero-order valence-corrected chi connectivity index (χ0v) is 15.7. The van der Waals surface area contributed by atoms with Crippen LogP contribution < -0.4 is 5.32 Å². The minimum Gasteiger partial charge on any atom is -0.383 e. The highest BCUT2D eigenvalue weighted by molar-refractivity contribution is 5.72. The number of nitrogens with zero attached hydrogens (tertiary/aromatic N) is 4. The average molecular weight is 373 g/mol. The second kappa shape index (κ2) is 7.79. The quantitative estimate of drug-likeness (QED) is 0.670. The zero-order chi connectivity index (χ0) is 19.6. The topological polar surface area (TPSA) is 64.9 Å². The molecular formula is C19H21F2N5O. The fourth-order valence-electron chi connectivity index (χ4n) is 2.91. The third-order valence-electron chi connectivity index (χ3n) is 4.24. The Hall–Kier alpha value is -2.87. The zero-order valence-electron chi connectivity index (χ0n) is 15.7. The van der Waals surface area contributed by atoms with Crippen LogP contribution >= 0.6 is 0 Å². The number of aromatic nitrogens is 4. The Bertz CT molecular complexity index is 951. The van der Waals surface area contributed by atoms with Crippen molar-refractivity contribution >= 4 is 5.95 Å². The van der Waals surface area contributed by atoms with Crippen molar-refractivity contribution in [2.45, 2.75) is 13.8 Å². The lowest BCUT2D eigenvalue weighted by molar-refractivity contribution is 0.210. The van der Waals surface area contributed by atoms with Crippen LogP contribution in [-0.4, -0.2) is 40.0 Å². The van der Waals surface area contributed by atoms with Crippen molar-refractivity contribution in [3.8, 4) is 22.5 Å². The molecule has 0 saturated heterocycles. The molecule has 0 aliphatic heterocycles. The van der Waals surface area contributed by atoms with E-state index in [1.165, 1.54) is 12.1 Å². The maximum absolute atomic E-state index is 13.7. The Morgan fingerprint density at radius 1 is 1.04 bits per heavy atom. The third kappa shape index (κ3) is 4.11. The van der Waals surface area contributed by atoms with Crippen LogP contribution in [-0.2, 0) is 11.8 Å². The molecule has 0 aliphatic rings. The SMILES string of the molecule is COCCNc1nc(-c2cc(F)cc(F)c2)cc(-c2c(C)nn(C)c2C)n1. The van der Waals surface area contributed by atoms with Gasteiger partial charge in [-0.1, -0.05) is 0 Å². The number of benzene rings is 1. The molecule has 1 N–H and O–H groups in total. The number of ether oxygens (including phenoxy) is 1. The summed E-state index contributed by atoms with van der Waals surface area (Å²) < 4.78 is 34.2. The largest absolute Gasteiger partial charge is 0.383 e. The molecule has 0 unspecified atom stereocenters. The van der Waals surface area contributed by atoms with Gasteiger partial charge in [0.05, 0.1) is 23.7 Å². The van der Waals surface area contributed by atoms with Gasteiger partial charge in [0, 0.05) is 43.6 Å². The van der Waals surface area contributed by atoms with Crippen LogP contribution in [0.25, 0.3) is 22.5 Å². The molecule has 0 spiro atoms. The van der Waals surface area contributed by atoms with E-state index < -0.39 is 11.6 Å². The molecule has 0 radical (unpaired) electrons. The van der Waals surface area contributed by atoms with Crippen LogP contribution in [0.4, 0.5) is 14.7 Å². The van der Waals surface area contributed by atoms with Gasteiger partial charge in [-0.25, -0.2) is 18.7 Å². The van der Waals surface area contributed by atoms with E-state index in [-0.39, 0.29) is 0 Å². The molecule has 0 atom stereocenters. The maximum Gasteiger partial charge on any atom is 0.223 e. The Kier molecular flexibility index (Phi) is 5.46. The molecular weight excluding hydrogens is 352 g/mol. The van der Waals surface area contributed by atoms with Crippen molar-refractivity contribution in [3.63, 3.8) is 0 Å². The summed E-state index contributed by atoms with van der Waals surface area (Å²) in [5.41, 5.74) is 4.00. The first-order valence-corrected chi connectivity index (χ1v) is 8.48. The van der Waals surface area contributed by atoms with E-state index in [0.717, 1.165) is 23.0 Å². The van der Waals surface area contributed by atoms with Gasteiger partial charge >= 0.3 is 0 Å². The fraction of sp³-hybridized carbons (Fsp3) is 0.316. The minimum absolute atomic E-state index is 0.338. The highest BCUT2D eigenvalue weighted by Crippen LogP contribution is 2.30. The molecule has 6 nitrogen and oxygen atoms in total. The monoisotopic (exact) mass is 373 g/mol. The van der Waals surface area contributed by atoms with Crippen LogP contribution in [0.3, 0.4) is 0 Å². The van der Waals surface area contributed by atoms with Crippen molar-refractivity contribution in [3.05, 3.63) is 47.3 Å². The molecule has 27 heavy (non-hydrogen) atoms. The Labute approximate surface area is 156 Å². The molecule has 8 heteroatoms. The van der Waals surface area contributed by atoms with Crippen LogP contribution in [0.1, 0.15) is 11.4 Å². The molecule has 2 aromatic heterocycles. The number of aryl methyl sites for hydroxylation is 2. The second-order valence-electron chi connectivity index (χ2n) is 6.21. The smallest absolute Gasteiger partial charge is 0.223 e. The van der Waals surface area contributed by atoms with Crippen LogP contribution in [0.15, 0.2) is 24.3 Å². The van der Waals surface area contributed by atoms with E-state index in [1.807, 2.05) is 20.9 Å². The van der Waals surface area contributed by atoms with Gasteiger partial charge in [0.25, 0.3) is 0 Å². The molecule has 3 rings (SSSR count). The minimum atomic E-state index is -0.659. The lowest BCUT2D eigenvalue weighted by Crippen LogP contribution is -2.11. The lowest BCUT2D eigenvalue weighted by Gasteiger charge is -2.11. The molecule has 0 fully saturated rings. The van der Waals surface area contributed by atoms with E-state index >= 15 is 0 Å². The summed E-state index contributed by atoms with van der Waals surface area (Å²) in [4.78, 5) is 8.97. The van der Waals surface area contributed by atoms with Gasteiger partial charge in [0.15, 0.2) is 0 Å². The van der Waals surface area contributed by atoms with E-state index in [0.29, 0.717) is 36.1 Å². The molecule has 142 valence electrons. The summed E-state index contributed by atoms with van der Waals surface area (Å²) in [6.07, 6.45) is 0. The van der Waals surface area contributed by atoms with Crippen LogP contribution in [0.2, 0.25) is 0 Å².